The molecule has 6 atom stereocenters. The third kappa shape index (κ3) is 4.56. The molecule has 3 aliphatic carbocycles. The van der Waals surface area contributed by atoms with E-state index in [0.717, 1.165) is 17.6 Å². The van der Waals surface area contributed by atoms with Crippen LogP contribution in [0.5, 0.6) is 11.5 Å². The van der Waals surface area contributed by atoms with Crippen LogP contribution in [0.25, 0.3) is 5.57 Å². The summed E-state index contributed by atoms with van der Waals surface area (Å²) in [6, 6.07) is 31.0. The van der Waals surface area contributed by atoms with Gasteiger partial charge in [-0.2, -0.15) is 0 Å². The number of hydrogen-bond donors (Lipinski definition) is 1. The van der Waals surface area contributed by atoms with Crippen molar-refractivity contribution in [1.29, 1.82) is 0 Å². The third-order valence-electron chi connectivity index (χ3n) is 11.5. The van der Waals surface area contributed by atoms with Gasteiger partial charge in [0.25, 0.3) is 0 Å². The number of benzene rings is 4. The predicted molar refractivity (Wildman–Crippen MR) is 190 cm³/mol. The Kier molecular flexibility index (Phi) is 7.66. The summed E-state index contributed by atoms with van der Waals surface area (Å²) in [6.45, 7) is 2.05. The molecule has 1 N–H and O–H groups in total. The molecule has 50 heavy (non-hydrogen) atoms. The monoisotopic (exact) mass is 663 g/mol. The standard InChI is InChI=1S/C43H37NO6/c1-3-25-14-16-28(17-15-25)44-41(48)32-21-20-30-34(38(32)42(44)49)23-35-40(47)33(26-10-6-4-7-11-26)24-37(46)43(35,27-12-8-5-9-13-27)39(30)31-19-18-29(45)22-36(31)50-2/h4-20,22,24,32,34-35,38-39,45H,3,21,23H2,1-2H3. The number of amides is 2. The van der Waals surface area contributed by atoms with Gasteiger partial charge >= 0.3 is 0 Å². The van der Waals surface area contributed by atoms with E-state index < -0.39 is 35.0 Å². The number of ketones is 2. The van der Waals surface area contributed by atoms with Gasteiger partial charge in [0.05, 0.1) is 30.0 Å². The minimum absolute atomic E-state index is 0.000402. The maximum Gasteiger partial charge on any atom is 0.238 e. The van der Waals surface area contributed by atoms with Crippen molar-refractivity contribution in [2.45, 2.75) is 37.5 Å². The lowest BCUT2D eigenvalue weighted by atomic mass is 9.44. The van der Waals surface area contributed by atoms with Gasteiger partial charge in [0.15, 0.2) is 11.6 Å². The number of nitrogens with zero attached hydrogens (tertiary/aromatic N) is 1. The topological polar surface area (TPSA) is 101 Å². The number of phenols is 1. The normalized spacial score (nSPS) is 27.2. The number of rotatable bonds is 6. The molecule has 1 aliphatic heterocycles. The molecule has 8 rings (SSSR count). The van der Waals surface area contributed by atoms with Crippen molar-refractivity contribution in [2.75, 3.05) is 12.0 Å². The van der Waals surface area contributed by atoms with Gasteiger partial charge in [-0.15, -0.1) is 0 Å². The second-order valence-corrected chi connectivity index (χ2v) is 13.7. The summed E-state index contributed by atoms with van der Waals surface area (Å²) < 4.78 is 5.86. The van der Waals surface area contributed by atoms with Gasteiger partial charge in [0, 0.05) is 29.0 Å². The minimum Gasteiger partial charge on any atom is -0.508 e. The number of carbonyl (C=O) groups is 4. The minimum atomic E-state index is -1.38. The summed E-state index contributed by atoms with van der Waals surface area (Å²) in [4.78, 5) is 60.2. The predicted octanol–water partition coefficient (Wildman–Crippen LogP) is 6.99. The summed E-state index contributed by atoms with van der Waals surface area (Å²) in [5.41, 5.74) is 3.44. The Hall–Kier alpha value is -5.56. The number of Topliss-reactive ketones (excluding diaryl/α,β-unsaturated/α-hetero) is 1. The van der Waals surface area contributed by atoms with E-state index in [4.69, 9.17) is 4.74 Å². The first kappa shape index (κ1) is 31.7. The van der Waals surface area contributed by atoms with Crippen molar-refractivity contribution < 1.29 is 29.0 Å². The van der Waals surface area contributed by atoms with Crippen molar-refractivity contribution in [3.63, 3.8) is 0 Å². The molecule has 1 saturated carbocycles. The molecule has 1 heterocycles. The zero-order chi connectivity index (χ0) is 34.7. The number of allylic oxidation sites excluding steroid dienone is 4. The first-order chi connectivity index (χ1) is 24.3. The lowest BCUT2D eigenvalue weighted by Gasteiger charge is -2.55. The van der Waals surface area contributed by atoms with Crippen LogP contribution in [0, 0.1) is 23.7 Å². The second kappa shape index (κ2) is 12.1. The van der Waals surface area contributed by atoms with Crippen LogP contribution in [0.15, 0.2) is 121 Å². The molecule has 0 bridgehead atoms. The van der Waals surface area contributed by atoms with Crippen LogP contribution in [0.4, 0.5) is 5.69 Å². The van der Waals surface area contributed by atoms with Crippen LogP contribution in [0.3, 0.4) is 0 Å². The Labute approximate surface area is 290 Å². The van der Waals surface area contributed by atoms with Crippen molar-refractivity contribution in [3.8, 4) is 11.5 Å². The Balaban J connectivity index is 1.36. The van der Waals surface area contributed by atoms with Crippen LogP contribution in [0.2, 0.25) is 0 Å². The Bertz CT molecular complexity index is 2100. The number of ether oxygens (including phenoxy) is 1. The third-order valence-corrected chi connectivity index (χ3v) is 11.5. The number of phenolic OH excluding ortho intramolecular Hbond substituents is 1. The fourth-order valence-electron chi connectivity index (χ4n) is 9.29. The Morgan fingerprint density at radius 1 is 0.840 bits per heavy atom. The van der Waals surface area contributed by atoms with E-state index in [1.807, 2.05) is 91.0 Å². The maximum atomic E-state index is 15.2. The number of anilines is 1. The molecule has 4 aliphatic rings. The average molecular weight is 664 g/mol. The van der Waals surface area contributed by atoms with Crippen LogP contribution in [-0.2, 0) is 31.0 Å². The van der Waals surface area contributed by atoms with E-state index in [1.165, 1.54) is 24.2 Å². The zero-order valence-corrected chi connectivity index (χ0v) is 27.9. The van der Waals surface area contributed by atoms with E-state index >= 15 is 9.59 Å². The molecular weight excluding hydrogens is 626 g/mol. The molecule has 0 aromatic heterocycles. The fourth-order valence-corrected chi connectivity index (χ4v) is 9.29. The SMILES string of the molecule is CCc1ccc(N2C(=O)C3CC=C4C(CC5C(=O)C(c6ccccc6)=CC(=O)C5(c5ccccc5)C4c4ccc(O)cc4OC)C3C2=O)cc1. The molecule has 4 aromatic carbocycles. The average Bonchev–Trinajstić information content (AvgIpc) is 3.41. The first-order valence-electron chi connectivity index (χ1n) is 17.2. The first-order valence-corrected chi connectivity index (χ1v) is 17.2. The summed E-state index contributed by atoms with van der Waals surface area (Å²) in [6.07, 6.45) is 4.91. The number of aryl methyl sites for hydroxylation is 1. The molecule has 4 aromatic rings. The van der Waals surface area contributed by atoms with Gasteiger partial charge in [-0.3, -0.25) is 24.1 Å². The molecule has 2 amide bonds. The van der Waals surface area contributed by atoms with Crippen molar-refractivity contribution in [3.05, 3.63) is 143 Å². The summed E-state index contributed by atoms with van der Waals surface area (Å²) in [5, 5.41) is 10.5. The fraction of sp³-hybridized carbons (Fsp3) is 0.256. The zero-order valence-electron chi connectivity index (χ0n) is 27.9. The van der Waals surface area contributed by atoms with Gasteiger partial charge in [-0.05, 0) is 66.1 Å². The van der Waals surface area contributed by atoms with Gasteiger partial charge in [0.2, 0.25) is 11.8 Å². The number of hydrogen-bond acceptors (Lipinski definition) is 6. The number of methoxy groups -OCH3 is 1. The molecular formula is C43H37NO6. The highest BCUT2D eigenvalue weighted by atomic mass is 16.5. The molecule has 0 radical (unpaired) electrons. The van der Waals surface area contributed by atoms with Crippen LogP contribution in [0.1, 0.15) is 47.9 Å². The lowest BCUT2D eigenvalue weighted by Crippen LogP contribution is -2.58. The van der Waals surface area contributed by atoms with Gasteiger partial charge in [-0.1, -0.05) is 97.4 Å². The second-order valence-electron chi connectivity index (χ2n) is 13.7. The van der Waals surface area contributed by atoms with Crippen molar-refractivity contribution in [1.82, 2.24) is 0 Å². The van der Waals surface area contributed by atoms with E-state index in [-0.39, 0.29) is 35.6 Å². The van der Waals surface area contributed by atoms with E-state index in [9.17, 15) is 14.7 Å². The van der Waals surface area contributed by atoms with E-state index in [1.54, 1.807) is 12.1 Å². The highest BCUT2D eigenvalue weighted by Crippen LogP contribution is 2.64. The smallest absolute Gasteiger partial charge is 0.238 e. The van der Waals surface area contributed by atoms with E-state index in [2.05, 4.69) is 6.92 Å². The van der Waals surface area contributed by atoms with Gasteiger partial charge in [0.1, 0.15) is 11.5 Å². The highest BCUT2D eigenvalue weighted by Gasteiger charge is 2.66. The van der Waals surface area contributed by atoms with Gasteiger partial charge in [-0.25, -0.2) is 0 Å². The van der Waals surface area contributed by atoms with Crippen LogP contribution < -0.4 is 9.64 Å². The molecule has 6 unspecified atom stereocenters. The molecule has 7 heteroatoms. The molecule has 250 valence electrons. The highest BCUT2D eigenvalue weighted by molar-refractivity contribution is 6.32. The largest absolute Gasteiger partial charge is 0.508 e. The van der Waals surface area contributed by atoms with Crippen molar-refractivity contribution in [2.24, 2.45) is 23.7 Å². The number of aromatic hydroxyl groups is 1. The molecule has 7 nitrogen and oxygen atoms in total. The Morgan fingerprint density at radius 2 is 1.54 bits per heavy atom. The Morgan fingerprint density at radius 3 is 2.22 bits per heavy atom. The molecule has 0 spiro atoms. The lowest BCUT2D eigenvalue weighted by molar-refractivity contribution is -0.135. The quantitative estimate of drug-likeness (QED) is 0.176. The van der Waals surface area contributed by atoms with Crippen LogP contribution in [-0.4, -0.2) is 35.6 Å². The number of imide groups is 1. The number of carbonyl (C=O) groups excluding carboxylic acids is 4. The van der Waals surface area contributed by atoms with E-state index in [0.29, 0.717) is 40.1 Å². The van der Waals surface area contributed by atoms with Gasteiger partial charge < -0.3 is 9.84 Å². The molecule has 1 saturated heterocycles. The number of fused-ring (bicyclic) bond motifs is 4. The molecule has 2 fully saturated rings. The van der Waals surface area contributed by atoms with Crippen molar-refractivity contribution >= 4 is 34.6 Å². The summed E-state index contributed by atoms with van der Waals surface area (Å²) in [5.74, 6) is -3.91. The summed E-state index contributed by atoms with van der Waals surface area (Å²) >= 11 is 0. The van der Waals surface area contributed by atoms with Crippen LogP contribution >= 0.6 is 0 Å². The maximum absolute atomic E-state index is 15.2. The summed E-state index contributed by atoms with van der Waals surface area (Å²) in [7, 11) is 1.51.